The van der Waals surface area contributed by atoms with Gasteiger partial charge in [-0.15, -0.1) is 0 Å². The highest BCUT2D eigenvalue weighted by molar-refractivity contribution is 5.81. The summed E-state index contributed by atoms with van der Waals surface area (Å²) >= 11 is 0. The molecule has 1 fully saturated rings. The molecule has 0 aromatic carbocycles. The van der Waals surface area contributed by atoms with Crippen LogP contribution in [0.5, 0.6) is 0 Å². The van der Waals surface area contributed by atoms with Gasteiger partial charge >= 0.3 is 0 Å². The number of amidine groups is 1. The number of likely N-dealkylation sites (tertiary alicyclic amines) is 1. The predicted molar refractivity (Wildman–Crippen MR) is 63.6 cm³/mol. The summed E-state index contributed by atoms with van der Waals surface area (Å²) in [6.45, 7) is 10.5. The molecule has 0 bridgehead atoms. The third kappa shape index (κ3) is 3.35. The maximum Gasteiger partial charge on any atom is 0.153 e. The van der Waals surface area contributed by atoms with Crippen LogP contribution in [0.25, 0.3) is 0 Å². The van der Waals surface area contributed by atoms with E-state index in [2.05, 4.69) is 23.9 Å². The Balaban J connectivity index is 2.50. The Morgan fingerprint density at radius 3 is 2.88 bits per heavy atom. The van der Waals surface area contributed by atoms with Gasteiger partial charge in [0.25, 0.3) is 0 Å². The number of nitrogens with zero attached hydrogens (tertiary/aromatic N) is 2. The van der Waals surface area contributed by atoms with E-state index in [0.717, 1.165) is 26.3 Å². The first kappa shape index (κ1) is 13.3. The molecule has 1 aliphatic rings. The summed E-state index contributed by atoms with van der Waals surface area (Å²) < 4.78 is 5.50. The minimum absolute atomic E-state index is 0.227. The van der Waals surface area contributed by atoms with E-state index in [1.54, 1.807) is 0 Å². The zero-order chi connectivity index (χ0) is 12.2. The topological polar surface area (TPSA) is 71.1 Å². The van der Waals surface area contributed by atoms with Crippen molar-refractivity contribution in [2.75, 3.05) is 32.8 Å². The molecule has 1 aliphatic heterocycles. The lowest BCUT2D eigenvalue weighted by Crippen LogP contribution is -2.33. The number of rotatable bonds is 5. The first-order valence-electron chi connectivity index (χ1n) is 5.76. The minimum atomic E-state index is 0.227. The molecule has 0 aromatic heterocycles. The highest BCUT2D eigenvalue weighted by Gasteiger charge is 2.39. The first-order chi connectivity index (χ1) is 7.49. The zero-order valence-electron chi connectivity index (χ0n) is 10.4. The van der Waals surface area contributed by atoms with E-state index >= 15 is 0 Å². The van der Waals surface area contributed by atoms with Crippen LogP contribution in [0.2, 0.25) is 0 Å². The van der Waals surface area contributed by atoms with Crippen LogP contribution in [0.1, 0.15) is 20.8 Å². The molecule has 0 spiro atoms. The summed E-state index contributed by atoms with van der Waals surface area (Å²) in [6.07, 6.45) is 0. The van der Waals surface area contributed by atoms with Gasteiger partial charge in [0, 0.05) is 25.6 Å². The third-order valence-corrected chi connectivity index (χ3v) is 3.25. The van der Waals surface area contributed by atoms with Crippen molar-refractivity contribution in [1.29, 1.82) is 0 Å². The lowest BCUT2D eigenvalue weighted by molar-refractivity contribution is 0.0797. The standard InChI is InChI=1S/C11H23N3O2/c1-4-16-7-9-5-14(6-10(12)13-15)8-11(9,2)3/h9,15H,4-8H2,1-3H3,(H2,12,13)/t9-/m1/s1. The van der Waals surface area contributed by atoms with Gasteiger partial charge in [0.1, 0.15) is 0 Å². The van der Waals surface area contributed by atoms with Gasteiger partial charge in [0.05, 0.1) is 13.2 Å². The highest BCUT2D eigenvalue weighted by atomic mass is 16.5. The zero-order valence-corrected chi connectivity index (χ0v) is 10.4. The summed E-state index contributed by atoms with van der Waals surface area (Å²) in [6, 6.07) is 0. The Labute approximate surface area is 97.2 Å². The van der Waals surface area contributed by atoms with E-state index in [1.165, 1.54) is 0 Å². The Morgan fingerprint density at radius 2 is 2.31 bits per heavy atom. The van der Waals surface area contributed by atoms with E-state index in [-0.39, 0.29) is 11.3 Å². The van der Waals surface area contributed by atoms with Crippen molar-refractivity contribution in [3.8, 4) is 0 Å². The third-order valence-electron chi connectivity index (χ3n) is 3.25. The van der Waals surface area contributed by atoms with Crippen molar-refractivity contribution in [3.63, 3.8) is 0 Å². The molecule has 1 rings (SSSR count). The average Bonchev–Trinajstić information content (AvgIpc) is 2.49. The lowest BCUT2D eigenvalue weighted by atomic mass is 9.83. The van der Waals surface area contributed by atoms with Gasteiger partial charge in [-0.25, -0.2) is 0 Å². The molecule has 0 amide bonds. The van der Waals surface area contributed by atoms with Gasteiger partial charge in [-0.3, -0.25) is 4.90 Å². The molecule has 5 nitrogen and oxygen atoms in total. The molecular weight excluding hydrogens is 206 g/mol. The smallest absolute Gasteiger partial charge is 0.153 e. The van der Waals surface area contributed by atoms with Crippen molar-refractivity contribution in [3.05, 3.63) is 0 Å². The molecule has 94 valence electrons. The molecule has 1 saturated heterocycles. The second-order valence-corrected chi connectivity index (χ2v) is 5.11. The molecule has 1 atom stereocenters. The number of ether oxygens (including phenoxy) is 1. The summed E-state index contributed by atoms with van der Waals surface area (Å²) in [4.78, 5) is 2.21. The highest BCUT2D eigenvalue weighted by Crippen LogP contribution is 2.35. The van der Waals surface area contributed by atoms with E-state index in [1.807, 2.05) is 6.92 Å². The Bertz CT molecular complexity index is 254. The first-order valence-corrected chi connectivity index (χ1v) is 5.76. The number of hydrogen-bond donors (Lipinski definition) is 2. The van der Waals surface area contributed by atoms with Crippen LogP contribution in [-0.4, -0.2) is 48.8 Å². The van der Waals surface area contributed by atoms with Gasteiger partial charge in [-0.2, -0.15) is 0 Å². The molecular formula is C11H23N3O2. The molecule has 1 heterocycles. The fourth-order valence-corrected chi connectivity index (χ4v) is 2.25. The summed E-state index contributed by atoms with van der Waals surface area (Å²) in [7, 11) is 0. The minimum Gasteiger partial charge on any atom is -0.409 e. The molecule has 0 saturated carbocycles. The quantitative estimate of drug-likeness (QED) is 0.315. The van der Waals surface area contributed by atoms with Crippen molar-refractivity contribution >= 4 is 5.84 Å². The van der Waals surface area contributed by atoms with Crippen LogP contribution in [-0.2, 0) is 4.74 Å². The van der Waals surface area contributed by atoms with Crippen LogP contribution in [0.4, 0.5) is 0 Å². The Hall–Kier alpha value is -0.810. The van der Waals surface area contributed by atoms with Crippen LogP contribution in [0.15, 0.2) is 5.16 Å². The maximum atomic E-state index is 8.54. The molecule has 3 N–H and O–H groups in total. The van der Waals surface area contributed by atoms with Crippen LogP contribution in [0.3, 0.4) is 0 Å². The van der Waals surface area contributed by atoms with Gasteiger partial charge < -0.3 is 15.7 Å². The van der Waals surface area contributed by atoms with E-state index in [9.17, 15) is 0 Å². The molecule has 0 aliphatic carbocycles. The van der Waals surface area contributed by atoms with Gasteiger partial charge in [-0.1, -0.05) is 19.0 Å². The Kier molecular flexibility index (Phi) is 4.56. The molecule has 0 aromatic rings. The largest absolute Gasteiger partial charge is 0.409 e. The second-order valence-electron chi connectivity index (χ2n) is 5.11. The number of hydrogen-bond acceptors (Lipinski definition) is 4. The van der Waals surface area contributed by atoms with Crippen LogP contribution < -0.4 is 5.73 Å². The fourth-order valence-electron chi connectivity index (χ4n) is 2.25. The van der Waals surface area contributed by atoms with Crippen LogP contribution in [0, 0.1) is 11.3 Å². The fraction of sp³-hybridized carbons (Fsp3) is 0.909. The predicted octanol–water partition coefficient (Wildman–Crippen LogP) is 0.727. The van der Waals surface area contributed by atoms with Crippen molar-refractivity contribution in [2.45, 2.75) is 20.8 Å². The normalized spacial score (nSPS) is 26.2. The summed E-state index contributed by atoms with van der Waals surface area (Å²) in [5, 5.41) is 11.6. The molecule has 5 heteroatoms. The van der Waals surface area contributed by atoms with Gasteiger partial charge in [0.2, 0.25) is 0 Å². The SMILES string of the molecule is CCOC[C@H]1CN(CC(N)=NO)CC1(C)C. The van der Waals surface area contributed by atoms with Gasteiger partial charge in [-0.05, 0) is 12.3 Å². The van der Waals surface area contributed by atoms with Crippen molar-refractivity contribution < 1.29 is 9.94 Å². The van der Waals surface area contributed by atoms with Crippen LogP contribution >= 0.6 is 0 Å². The number of oxime groups is 1. The second kappa shape index (κ2) is 5.50. The van der Waals surface area contributed by atoms with Crippen molar-refractivity contribution in [1.82, 2.24) is 4.90 Å². The van der Waals surface area contributed by atoms with E-state index in [4.69, 9.17) is 15.7 Å². The summed E-state index contributed by atoms with van der Waals surface area (Å²) in [5.41, 5.74) is 5.74. The van der Waals surface area contributed by atoms with E-state index < -0.39 is 0 Å². The average molecular weight is 229 g/mol. The van der Waals surface area contributed by atoms with Gasteiger partial charge in [0.15, 0.2) is 5.84 Å². The number of nitrogens with two attached hydrogens (primary N) is 1. The summed E-state index contributed by atoms with van der Waals surface area (Å²) in [5.74, 6) is 0.784. The monoisotopic (exact) mass is 229 g/mol. The molecule has 0 unspecified atom stereocenters. The van der Waals surface area contributed by atoms with E-state index in [0.29, 0.717) is 12.5 Å². The Morgan fingerprint density at radius 1 is 1.62 bits per heavy atom. The maximum absolute atomic E-state index is 8.54. The lowest BCUT2D eigenvalue weighted by Gasteiger charge is -2.25. The molecule has 16 heavy (non-hydrogen) atoms. The molecule has 0 radical (unpaired) electrons. The van der Waals surface area contributed by atoms with Crippen molar-refractivity contribution in [2.24, 2.45) is 22.2 Å².